The number of aromatic nitrogens is 2. The highest BCUT2D eigenvalue weighted by Crippen LogP contribution is 2.06. The van der Waals surface area contributed by atoms with Crippen LogP contribution < -0.4 is 11.1 Å². The molecular weight excluding hydrogens is 260 g/mol. The number of benzene rings is 1. The third-order valence-electron chi connectivity index (χ3n) is 2.76. The van der Waals surface area contributed by atoms with E-state index in [4.69, 9.17) is 10.8 Å². The maximum Gasteiger partial charge on any atom is 0.326 e. The number of hydrogen-bond donors (Lipinski definition) is 4. The molecule has 0 bridgehead atoms. The molecule has 1 heterocycles. The molecule has 0 saturated heterocycles. The molecule has 0 spiro atoms. The smallest absolute Gasteiger partial charge is 0.326 e. The van der Waals surface area contributed by atoms with E-state index in [-0.39, 0.29) is 6.42 Å². The minimum absolute atomic E-state index is 0.135. The molecule has 0 aliphatic rings. The highest BCUT2D eigenvalue weighted by Gasteiger charge is 2.21. The first-order valence-corrected chi connectivity index (χ1v) is 5.92. The van der Waals surface area contributed by atoms with E-state index in [9.17, 15) is 9.59 Å². The molecule has 1 amide bonds. The highest BCUT2D eigenvalue weighted by atomic mass is 16.4. The fourth-order valence-electron chi connectivity index (χ4n) is 1.69. The summed E-state index contributed by atoms with van der Waals surface area (Å²) in [6.45, 7) is 0. The van der Waals surface area contributed by atoms with Gasteiger partial charge in [-0.3, -0.25) is 4.79 Å². The number of nitrogens with two attached hydrogens (primary N) is 1. The van der Waals surface area contributed by atoms with E-state index in [2.05, 4.69) is 15.3 Å². The molecule has 0 radical (unpaired) electrons. The molecule has 1 unspecified atom stereocenters. The minimum atomic E-state index is -1.11. The van der Waals surface area contributed by atoms with Gasteiger partial charge in [-0.1, -0.05) is 0 Å². The molecule has 1 atom stereocenters. The van der Waals surface area contributed by atoms with E-state index in [0.717, 1.165) is 0 Å². The van der Waals surface area contributed by atoms with Gasteiger partial charge in [0.2, 0.25) is 0 Å². The molecule has 1 aromatic heterocycles. The summed E-state index contributed by atoms with van der Waals surface area (Å²) in [5.74, 6) is -1.57. The average molecular weight is 274 g/mol. The van der Waals surface area contributed by atoms with Gasteiger partial charge in [0.15, 0.2) is 0 Å². The molecule has 7 nitrogen and oxygen atoms in total. The molecule has 2 rings (SSSR count). The number of nitrogens with one attached hydrogen (secondary N) is 2. The van der Waals surface area contributed by atoms with Gasteiger partial charge in [0.25, 0.3) is 5.91 Å². The van der Waals surface area contributed by atoms with Gasteiger partial charge in [-0.25, -0.2) is 9.78 Å². The number of rotatable bonds is 5. The number of carbonyl (C=O) groups is 2. The molecule has 2 aromatic rings. The Balaban J connectivity index is 2.06. The van der Waals surface area contributed by atoms with Crippen LogP contribution in [0.1, 0.15) is 16.1 Å². The lowest BCUT2D eigenvalue weighted by Gasteiger charge is -2.13. The molecule has 0 saturated carbocycles. The van der Waals surface area contributed by atoms with Crippen molar-refractivity contribution in [2.45, 2.75) is 12.5 Å². The number of amides is 1. The van der Waals surface area contributed by atoms with Gasteiger partial charge >= 0.3 is 5.97 Å². The van der Waals surface area contributed by atoms with Crippen LogP contribution in [0.15, 0.2) is 36.8 Å². The lowest BCUT2D eigenvalue weighted by Crippen LogP contribution is -2.42. The van der Waals surface area contributed by atoms with E-state index in [1.165, 1.54) is 12.5 Å². The summed E-state index contributed by atoms with van der Waals surface area (Å²) >= 11 is 0. The van der Waals surface area contributed by atoms with E-state index < -0.39 is 17.9 Å². The zero-order valence-electron chi connectivity index (χ0n) is 10.5. The predicted octanol–water partition coefficient (Wildman–Crippen LogP) is 0.418. The monoisotopic (exact) mass is 274 g/mol. The fraction of sp³-hybridized carbons (Fsp3) is 0.154. The Morgan fingerprint density at radius 2 is 2.05 bits per heavy atom. The van der Waals surface area contributed by atoms with Crippen LogP contribution in [0.4, 0.5) is 5.69 Å². The molecule has 0 fully saturated rings. The number of carboxylic acids is 1. The lowest BCUT2D eigenvalue weighted by atomic mass is 10.1. The van der Waals surface area contributed by atoms with Gasteiger partial charge in [-0.05, 0) is 24.3 Å². The summed E-state index contributed by atoms with van der Waals surface area (Å²) in [7, 11) is 0. The first kappa shape index (κ1) is 13.6. The number of aromatic amines is 1. The highest BCUT2D eigenvalue weighted by molar-refractivity contribution is 5.96. The van der Waals surface area contributed by atoms with Crippen LogP contribution in [0.3, 0.4) is 0 Å². The zero-order valence-corrected chi connectivity index (χ0v) is 10.5. The number of anilines is 1. The van der Waals surface area contributed by atoms with Crippen LogP contribution in [0.5, 0.6) is 0 Å². The molecule has 5 N–H and O–H groups in total. The second kappa shape index (κ2) is 5.87. The molecule has 1 aromatic carbocycles. The van der Waals surface area contributed by atoms with Crippen molar-refractivity contribution in [1.29, 1.82) is 0 Å². The largest absolute Gasteiger partial charge is 0.480 e. The average Bonchev–Trinajstić information content (AvgIpc) is 2.91. The van der Waals surface area contributed by atoms with Crippen LogP contribution in [0, 0.1) is 0 Å². The number of H-pyrrole nitrogens is 1. The minimum Gasteiger partial charge on any atom is -0.480 e. The van der Waals surface area contributed by atoms with Crippen LogP contribution >= 0.6 is 0 Å². The zero-order chi connectivity index (χ0) is 14.5. The second-order valence-electron chi connectivity index (χ2n) is 4.27. The number of carbonyl (C=O) groups excluding carboxylic acids is 1. The van der Waals surface area contributed by atoms with E-state index in [1.54, 1.807) is 24.3 Å². The predicted molar refractivity (Wildman–Crippen MR) is 72.0 cm³/mol. The van der Waals surface area contributed by atoms with Gasteiger partial charge in [0.1, 0.15) is 6.04 Å². The van der Waals surface area contributed by atoms with Gasteiger partial charge in [-0.15, -0.1) is 0 Å². The van der Waals surface area contributed by atoms with Crippen molar-refractivity contribution in [2.75, 3.05) is 5.73 Å². The third-order valence-corrected chi connectivity index (χ3v) is 2.76. The summed E-state index contributed by atoms with van der Waals surface area (Å²) in [6.07, 6.45) is 3.11. The molecule has 0 aliphatic carbocycles. The topological polar surface area (TPSA) is 121 Å². The van der Waals surface area contributed by atoms with E-state index in [1.807, 2.05) is 0 Å². The van der Waals surface area contributed by atoms with Crippen molar-refractivity contribution >= 4 is 17.6 Å². The Bertz CT molecular complexity index is 593. The standard InChI is InChI=1S/C13H14N4O3/c14-9-3-1-8(2-4-9)12(18)17-11(13(19)20)5-10-6-15-7-16-10/h1-4,6-7,11H,5,14H2,(H,15,16)(H,17,18)(H,19,20). The Kier molecular flexibility index (Phi) is 3.99. The summed E-state index contributed by atoms with van der Waals surface area (Å²) in [4.78, 5) is 29.7. The molecule has 20 heavy (non-hydrogen) atoms. The number of aliphatic carboxylic acids is 1. The van der Waals surface area contributed by atoms with Gasteiger partial charge in [0.05, 0.1) is 6.33 Å². The molecule has 104 valence electrons. The Morgan fingerprint density at radius 1 is 1.35 bits per heavy atom. The SMILES string of the molecule is Nc1ccc(C(=O)NC(Cc2cnc[nH]2)C(=O)O)cc1. The lowest BCUT2D eigenvalue weighted by molar-refractivity contribution is -0.139. The number of carboxylic acid groups (broad SMARTS) is 1. The Labute approximate surface area is 114 Å². The van der Waals surface area contributed by atoms with Crippen LogP contribution in [-0.4, -0.2) is 33.0 Å². The Morgan fingerprint density at radius 3 is 2.60 bits per heavy atom. The summed E-state index contributed by atoms with van der Waals surface area (Å²) in [5.41, 5.74) is 7.06. The number of hydrogen-bond acceptors (Lipinski definition) is 4. The summed E-state index contributed by atoms with van der Waals surface area (Å²) in [6, 6.07) is 5.22. The Hall–Kier alpha value is -2.83. The van der Waals surface area contributed by atoms with Crippen molar-refractivity contribution < 1.29 is 14.7 Å². The number of imidazole rings is 1. The van der Waals surface area contributed by atoms with Crippen molar-refractivity contribution in [3.8, 4) is 0 Å². The number of nitrogen functional groups attached to an aromatic ring is 1. The first-order chi connectivity index (χ1) is 9.56. The maximum absolute atomic E-state index is 12.0. The molecular formula is C13H14N4O3. The van der Waals surface area contributed by atoms with Crippen LogP contribution in [-0.2, 0) is 11.2 Å². The normalized spacial score (nSPS) is 11.8. The van der Waals surface area contributed by atoms with Crippen LogP contribution in [0.25, 0.3) is 0 Å². The van der Waals surface area contributed by atoms with Gasteiger partial charge < -0.3 is 21.1 Å². The summed E-state index contributed by atoms with van der Waals surface area (Å²) in [5, 5.41) is 11.6. The second-order valence-corrected chi connectivity index (χ2v) is 4.27. The first-order valence-electron chi connectivity index (χ1n) is 5.92. The number of nitrogens with zero attached hydrogens (tertiary/aromatic N) is 1. The third kappa shape index (κ3) is 3.35. The molecule has 7 heteroatoms. The van der Waals surface area contributed by atoms with E-state index in [0.29, 0.717) is 16.9 Å². The summed E-state index contributed by atoms with van der Waals surface area (Å²) < 4.78 is 0. The van der Waals surface area contributed by atoms with Gasteiger partial charge in [-0.2, -0.15) is 0 Å². The van der Waals surface area contributed by atoms with Crippen LogP contribution in [0.2, 0.25) is 0 Å². The van der Waals surface area contributed by atoms with Crippen molar-refractivity contribution in [3.63, 3.8) is 0 Å². The fourth-order valence-corrected chi connectivity index (χ4v) is 1.69. The van der Waals surface area contributed by atoms with E-state index >= 15 is 0 Å². The maximum atomic E-state index is 12.0. The van der Waals surface area contributed by atoms with Crippen molar-refractivity contribution in [1.82, 2.24) is 15.3 Å². The van der Waals surface area contributed by atoms with Gasteiger partial charge in [0, 0.05) is 29.6 Å². The van der Waals surface area contributed by atoms with Crippen molar-refractivity contribution in [3.05, 3.63) is 48.0 Å². The quantitative estimate of drug-likeness (QED) is 0.589. The molecule has 0 aliphatic heterocycles. The van der Waals surface area contributed by atoms with Crippen molar-refractivity contribution in [2.24, 2.45) is 0 Å².